The smallest absolute Gasteiger partial charge is 0.412 e. The van der Waals surface area contributed by atoms with Gasteiger partial charge in [-0.25, -0.2) is 4.79 Å². The number of piperidine rings is 1. The monoisotopic (exact) mass is 580 g/mol. The summed E-state index contributed by atoms with van der Waals surface area (Å²) < 4.78 is 31.3. The van der Waals surface area contributed by atoms with Gasteiger partial charge in [0.1, 0.15) is 24.4 Å². The van der Waals surface area contributed by atoms with Crippen molar-refractivity contribution in [3.05, 3.63) is 29.3 Å². The number of anilines is 1. The van der Waals surface area contributed by atoms with E-state index < -0.39 is 36.5 Å². The molecule has 0 radical (unpaired) electrons. The van der Waals surface area contributed by atoms with E-state index >= 15 is 0 Å². The number of carbonyl (C=O) groups excluding carboxylic acids is 1. The maximum absolute atomic E-state index is 13.0. The zero-order chi connectivity index (χ0) is 28.4. The van der Waals surface area contributed by atoms with E-state index in [2.05, 4.69) is 17.1 Å². The lowest BCUT2D eigenvalue weighted by atomic mass is 10.0. The maximum atomic E-state index is 13.0. The molecule has 9 heteroatoms. The van der Waals surface area contributed by atoms with Crippen molar-refractivity contribution in [2.24, 2.45) is 0 Å². The Labute approximate surface area is 245 Å². The molecule has 3 fully saturated rings. The van der Waals surface area contributed by atoms with Crippen LogP contribution in [0.15, 0.2) is 24.3 Å². The van der Waals surface area contributed by atoms with Crippen LogP contribution in [0, 0.1) is 0 Å². The number of ether oxygens (including phenoxy) is 5. The summed E-state index contributed by atoms with van der Waals surface area (Å²) in [5.74, 6) is -0.754. The van der Waals surface area contributed by atoms with E-state index in [0.29, 0.717) is 23.9 Å². The molecule has 3 saturated heterocycles. The Bertz CT molecular complexity index is 894. The molecule has 226 valence electrons. The Morgan fingerprint density at radius 3 is 2.40 bits per heavy atom. The molecule has 8 nitrogen and oxygen atoms in total. The van der Waals surface area contributed by atoms with Gasteiger partial charge in [0.25, 0.3) is 0 Å². The Morgan fingerprint density at radius 1 is 1.02 bits per heavy atom. The average molecular weight is 581 g/mol. The van der Waals surface area contributed by atoms with Crippen molar-refractivity contribution < 1.29 is 28.5 Å². The minimum atomic E-state index is -0.754. The van der Waals surface area contributed by atoms with Crippen LogP contribution in [-0.4, -0.2) is 73.7 Å². The predicted molar refractivity (Wildman–Crippen MR) is 157 cm³/mol. The summed E-state index contributed by atoms with van der Waals surface area (Å²) in [6, 6.07) is 6.96. The number of benzene rings is 1. The average Bonchev–Trinajstić information content (AvgIpc) is 3.41. The van der Waals surface area contributed by atoms with Crippen LogP contribution in [0.5, 0.6) is 0 Å². The molecule has 3 aliphatic heterocycles. The summed E-state index contributed by atoms with van der Waals surface area (Å²) >= 11 is 6.00. The largest absolute Gasteiger partial charge is 0.442 e. The molecule has 0 aliphatic carbocycles. The first-order valence-electron chi connectivity index (χ1n) is 15.4. The van der Waals surface area contributed by atoms with Crippen LogP contribution in [0.1, 0.15) is 91.4 Å². The molecule has 4 rings (SSSR count). The molecular weight excluding hydrogens is 532 g/mol. The molecule has 0 saturated carbocycles. The van der Waals surface area contributed by atoms with Crippen LogP contribution in [-0.2, 0) is 23.7 Å². The zero-order valence-corrected chi connectivity index (χ0v) is 25.3. The van der Waals surface area contributed by atoms with Gasteiger partial charge in [0.2, 0.25) is 0 Å². The number of carbonyl (C=O) groups is 1. The third-order valence-corrected chi connectivity index (χ3v) is 8.19. The molecule has 0 aromatic heterocycles. The molecule has 40 heavy (non-hydrogen) atoms. The fraction of sp³-hybridized carbons (Fsp3) is 0.774. The third kappa shape index (κ3) is 9.57. The summed E-state index contributed by atoms with van der Waals surface area (Å²) in [6.07, 6.45) is 10.4. The number of nitrogens with zero attached hydrogens (tertiary/aromatic N) is 1. The molecule has 1 aromatic rings. The van der Waals surface area contributed by atoms with Crippen molar-refractivity contribution in [2.45, 2.75) is 128 Å². The van der Waals surface area contributed by atoms with Gasteiger partial charge in [-0.3, -0.25) is 10.2 Å². The van der Waals surface area contributed by atoms with Gasteiger partial charge in [-0.05, 0) is 70.5 Å². The lowest BCUT2D eigenvalue weighted by Crippen LogP contribution is -2.50. The van der Waals surface area contributed by atoms with Gasteiger partial charge >= 0.3 is 6.09 Å². The van der Waals surface area contributed by atoms with E-state index in [0.717, 1.165) is 38.8 Å². The highest BCUT2D eigenvalue weighted by atomic mass is 35.5. The van der Waals surface area contributed by atoms with Crippen molar-refractivity contribution in [3.63, 3.8) is 0 Å². The normalized spacial score (nSPS) is 26.9. The number of hydrogen-bond acceptors (Lipinski definition) is 7. The molecule has 1 N–H and O–H groups in total. The molecule has 1 amide bonds. The number of fused-ring (bicyclic) bond motifs is 1. The number of rotatable bonds is 15. The van der Waals surface area contributed by atoms with E-state index in [9.17, 15) is 4.79 Å². The van der Waals surface area contributed by atoms with Crippen LogP contribution in [0.25, 0.3) is 0 Å². The fourth-order valence-electron chi connectivity index (χ4n) is 5.87. The van der Waals surface area contributed by atoms with E-state index in [4.69, 9.17) is 35.3 Å². The second-order valence-corrected chi connectivity index (χ2v) is 12.3. The van der Waals surface area contributed by atoms with Gasteiger partial charge in [-0.2, -0.15) is 0 Å². The topological polar surface area (TPSA) is 78.5 Å². The third-order valence-electron chi connectivity index (χ3n) is 7.94. The number of halogens is 1. The lowest BCUT2D eigenvalue weighted by Gasteiger charge is -2.35. The van der Waals surface area contributed by atoms with Gasteiger partial charge < -0.3 is 23.7 Å². The van der Waals surface area contributed by atoms with Crippen LogP contribution < -0.4 is 5.32 Å². The summed E-state index contributed by atoms with van der Waals surface area (Å²) in [7, 11) is 0. The fourth-order valence-corrected chi connectivity index (χ4v) is 6.00. The van der Waals surface area contributed by atoms with Crippen LogP contribution in [0.3, 0.4) is 0 Å². The number of likely N-dealkylation sites (tertiary alicyclic amines) is 1. The summed E-state index contributed by atoms with van der Waals surface area (Å²) in [6.45, 7) is 9.15. The van der Waals surface area contributed by atoms with Gasteiger partial charge in [-0.1, -0.05) is 69.9 Å². The SMILES string of the molecule is CCCCCCCCCCO[C@@H]1[C@H]2OC(C)(C)O[C@H]2O[C@@H]1C(CN1CCCCC1)OC(=O)Nc1ccc(Cl)cc1. The molecule has 0 spiro atoms. The molecule has 0 bridgehead atoms. The number of hydrogen-bond donors (Lipinski definition) is 1. The summed E-state index contributed by atoms with van der Waals surface area (Å²) in [4.78, 5) is 15.4. The van der Waals surface area contributed by atoms with Crippen molar-refractivity contribution in [2.75, 3.05) is 31.6 Å². The first-order valence-corrected chi connectivity index (χ1v) is 15.8. The Kier molecular flexibility index (Phi) is 12.4. The Balaban J connectivity index is 1.39. The highest BCUT2D eigenvalue weighted by molar-refractivity contribution is 6.30. The summed E-state index contributed by atoms with van der Waals surface area (Å²) in [5, 5.41) is 3.43. The van der Waals surface area contributed by atoms with Gasteiger partial charge in [0, 0.05) is 23.9 Å². The Morgan fingerprint density at radius 2 is 1.70 bits per heavy atom. The van der Waals surface area contributed by atoms with Gasteiger partial charge in [0.05, 0.1) is 0 Å². The van der Waals surface area contributed by atoms with Gasteiger partial charge in [-0.15, -0.1) is 0 Å². The van der Waals surface area contributed by atoms with Crippen LogP contribution in [0.2, 0.25) is 5.02 Å². The highest BCUT2D eigenvalue weighted by Crippen LogP contribution is 2.40. The van der Waals surface area contributed by atoms with E-state index in [1.165, 1.54) is 44.9 Å². The highest BCUT2D eigenvalue weighted by Gasteiger charge is 2.58. The summed E-state index contributed by atoms with van der Waals surface area (Å²) in [5.41, 5.74) is 0.617. The van der Waals surface area contributed by atoms with E-state index in [1.54, 1.807) is 24.3 Å². The minimum Gasteiger partial charge on any atom is -0.442 e. The van der Waals surface area contributed by atoms with Crippen LogP contribution in [0.4, 0.5) is 10.5 Å². The van der Waals surface area contributed by atoms with Crippen molar-refractivity contribution in [3.8, 4) is 0 Å². The molecule has 3 aliphatic rings. The van der Waals surface area contributed by atoms with Crippen LogP contribution >= 0.6 is 11.6 Å². The van der Waals surface area contributed by atoms with Crippen molar-refractivity contribution in [1.82, 2.24) is 4.90 Å². The quantitative estimate of drug-likeness (QED) is 0.221. The van der Waals surface area contributed by atoms with Crippen molar-refractivity contribution in [1.29, 1.82) is 0 Å². The Hall–Kier alpha value is -1.42. The number of amides is 1. The molecule has 1 aromatic carbocycles. The molecule has 1 unspecified atom stereocenters. The standard InChI is InChI=1S/C31H49ClN2O6/c1-4-5-6-7-8-9-10-14-21-36-27-26(38-29-28(27)39-31(2,3)40-29)25(22-34-19-12-11-13-20-34)37-30(35)33-24-17-15-23(32)16-18-24/h15-18,25-29H,4-14,19-22H2,1-3H3,(H,33,35)/t25?,26-,27+,28-,29-/m1/s1. The predicted octanol–water partition coefficient (Wildman–Crippen LogP) is 7.15. The first-order chi connectivity index (χ1) is 19.3. The minimum absolute atomic E-state index is 0.374. The molecule has 5 atom stereocenters. The van der Waals surface area contributed by atoms with E-state index in [1.807, 2.05) is 13.8 Å². The van der Waals surface area contributed by atoms with E-state index in [-0.39, 0.29) is 6.10 Å². The maximum Gasteiger partial charge on any atom is 0.412 e. The zero-order valence-electron chi connectivity index (χ0n) is 24.6. The first kappa shape index (κ1) is 31.5. The lowest BCUT2D eigenvalue weighted by molar-refractivity contribution is -0.230. The number of unbranched alkanes of at least 4 members (excludes halogenated alkanes) is 7. The second kappa shape index (κ2) is 15.7. The molecule has 3 heterocycles. The number of nitrogens with one attached hydrogen (secondary N) is 1. The second-order valence-electron chi connectivity index (χ2n) is 11.8. The van der Waals surface area contributed by atoms with Crippen molar-refractivity contribution >= 4 is 23.4 Å². The van der Waals surface area contributed by atoms with Gasteiger partial charge in [0.15, 0.2) is 12.1 Å². The molecular formula is C31H49ClN2O6.